The maximum Gasteiger partial charge on any atom is 0.203 e. The third-order valence-corrected chi connectivity index (χ3v) is 4.35. The van der Waals surface area contributed by atoms with Crippen molar-refractivity contribution in [2.45, 2.75) is 19.9 Å². The van der Waals surface area contributed by atoms with E-state index in [-0.39, 0.29) is 24.0 Å². The number of anilines is 1. The van der Waals surface area contributed by atoms with Crippen LogP contribution in [0.4, 0.5) is 5.69 Å². The molecule has 32 heavy (non-hydrogen) atoms. The number of benzene rings is 2. The predicted octanol–water partition coefficient (Wildman–Crippen LogP) is 4.32. The molecule has 2 N–H and O–H groups in total. The molecule has 8 nitrogen and oxygen atoms in total. The second kappa shape index (κ2) is 15.4. The van der Waals surface area contributed by atoms with Crippen molar-refractivity contribution < 1.29 is 23.7 Å². The van der Waals surface area contributed by atoms with Gasteiger partial charge in [-0.2, -0.15) is 0 Å². The van der Waals surface area contributed by atoms with Gasteiger partial charge in [0.15, 0.2) is 17.5 Å². The fourth-order valence-electron chi connectivity index (χ4n) is 2.90. The van der Waals surface area contributed by atoms with Crippen molar-refractivity contribution >= 4 is 35.6 Å². The first-order chi connectivity index (χ1) is 15.1. The molecule has 0 saturated carbocycles. The van der Waals surface area contributed by atoms with Crippen molar-refractivity contribution in [2.24, 2.45) is 4.99 Å². The average Bonchev–Trinajstić information content (AvgIpc) is 2.80. The van der Waals surface area contributed by atoms with Crippen molar-refractivity contribution in [3.8, 4) is 23.0 Å². The molecule has 0 spiro atoms. The number of hydrogen-bond donors (Lipinski definition) is 2. The van der Waals surface area contributed by atoms with Crippen LogP contribution in [-0.4, -0.2) is 54.2 Å². The molecule has 0 bridgehead atoms. The van der Waals surface area contributed by atoms with Gasteiger partial charge in [0.1, 0.15) is 5.75 Å². The van der Waals surface area contributed by atoms with Gasteiger partial charge in [0.05, 0.1) is 34.5 Å². The molecule has 178 valence electrons. The first-order valence-electron chi connectivity index (χ1n) is 10.2. The number of aliphatic imine (C=N–C) groups is 1. The van der Waals surface area contributed by atoms with Gasteiger partial charge in [-0.3, -0.25) is 0 Å². The van der Waals surface area contributed by atoms with E-state index >= 15 is 0 Å². The summed E-state index contributed by atoms with van der Waals surface area (Å²) in [6.07, 6.45) is 0.840. The molecule has 0 atom stereocenters. The van der Waals surface area contributed by atoms with Gasteiger partial charge in [-0.25, -0.2) is 4.99 Å². The molecular weight excluding hydrogens is 525 g/mol. The van der Waals surface area contributed by atoms with Crippen LogP contribution in [0.25, 0.3) is 0 Å². The fraction of sp³-hybridized carbons (Fsp3) is 0.435. The molecule has 0 saturated heterocycles. The summed E-state index contributed by atoms with van der Waals surface area (Å²) in [4.78, 5) is 4.69. The lowest BCUT2D eigenvalue weighted by Gasteiger charge is -2.15. The minimum absolute atomic E-state index is 0. The van der Waals surface area contributed by atoms with E-state index in [0.717, 1.165) is 30.0 Å². The Morgan fingerprint density at radius 1 is 0.938 bits per heavy atom. The smallest absolute Gasteiger partial charge is 0.203 e. The second-order valence-electron chi connectivity index (χ2n) is 6.58. The Bertz CT molecular complexity index is 823. The Labute approximate surface area is 207 Å². The van der Waals surface area contributed by atoms with Gasteiger partial charge in [-0.05, 0) is 36.8 Å². The van der Waals surface area contributed by atoms with Gasteiger partial charge in [-0.15, -0.1) is 24.0 Å². The van der Waals surface area contributed by atoms with Crippen LogP contribution < -0.4 is 29.6 Å². The van der Waals surface area contributed by atoms with E-state index in [1.54, 1.807) is 28.4 Å². The molecule has 2 aromatic carbocycles. The number of rotatable bonds is 12. The van der Waals surface area contributed by atoms with Gasteiger partial charge < -0.3 is 34.3 Å². The summed E-state index contributed by atoms with van der Waals surface area (Å²) in [5, 5.41) is 6.57. The van der Waals surface area contributed by atoms with Crippen molar-refractivity contribution in [2.75, 3.05) is 53.5 Å². The summed E-state index contributed by atoms with van der Waals surface area (Å²) >= 11 is 0. The standard InChI is InChI=1S/C23H33N3O5.HI/c1-6-24-23(26-18-9-7-10-19(15-18)31-12-8-11-27-2)25-16-17-13-20(28-3)22(30-5)21(14-17)29-4;/h7,9-10,13-15H,6,8,11-12,16H2,1-5H3,(H2,24,25,26);1H. The summed E-state index contributed by atoms with van der Waals surface area (Å²) in [6, 6.07) is 11.6. The Morgan fingerprint density at radius 2 is 1.66 bits per heavy atom. The van der Waals surface area contributed by atoms with Gasteiger partial charge >= 0.3 is 0 Å². The maximum absolute atomic E-state index is 5.77. The molecule has 2 rings (SSSR count). The molecule has 0 aliphatic rings. The van der Waals surface area contributed by atoms with Crippen molar-refractivity contribution in [1.29, 1.82) is 0 Å². The van der Waals surface area contributed by atoms with E-state index in [2.05, 4.69) is 15.6 Å². The Hall–Kier alpha value is -2.40. The lowest BCUT2D eigenvalue weighted by atomic mass is 10.2. The first kappa shape index (κ1) is 27.6. The molecule has 0 aliphatic carbocycles. The number of guanidine groups is 1. The average molecular weight is 559 g/mol. The maximum atomic E-state index is 5.77. The number of nitrogens with one attached hydrogen (secondary N) is 2. The van der Waals surface area contributed by atoms with Gasteiger partial charge in [0, 0.05) is 38.4 Å². The minimum Gasteiger partial charge on any atom is -0.493 e. The summed E-state index contributed by atoms with van der Waals surface area (Å²) in [5.41, 5.74) is 1.82. The lowest BCUT2D eigenvalue weighted by Crippen LogP contribution is -2.30. The molecule has 0 aromatic heterocycles. The SMILES string of the molecule is CCNC(=NCc1cc(OC)c(OC)c(OC)c1)Nc1cccc(OCCCOC)c1.I. The van der Waals surface area contributed by atoms with Crippen LogP contribution in [0.1, 0.15) is 18.9 Å². The lowest BCUT2D eigenvalue weighted by molar-refractivity contribution is 0.172. The second-order valence-corrected chi connectivity index (χ2v) is 6.58. The minimum atomic E-state index is 0. The van der Waals surface area contributed by atoms with Crippen LogP contribution in [0.15, 0.2) is 41.4 Å². The highest BCUT2D eigenvalue weighted by Crippen LogP contribution is 2.38. The van der Waals surface area contributed by atoms with E-state index in [1.165, 1.54) is 0 Å². The van der Waals surface area contributed by atoms with E-state index in [0.29, 0.717) is 43.0 Å². The topological polar surface area (TPSA) is 82.6 Å². The number of hydrogen-bond acceptors (Lipinski definition) is 6. The fourth-order valence-corrected chi connectivity index (χ4v) is 2.90. The summed E-state index contributed by atoms with van der Waals surface area (Å²) in [6.45, 7) is 4.46. The van der Waals surface area contributed by atoms with Gasteiger partial charge in [0.25, 0.3) is 0 Å². The normalized spacial score (nSPS) is 10.7. The summed E-state index contributed by atoms with van der Waals surface area (Å²) in [7, 11) is 6.46. The van der Waals surface area contributed by atoms with Crippen molar-refractivity contribution in [3.05, 3.63) is 42.0 Å². The van der Waals surface area contributed by atoms with Crippen LogP contribution in [0.5, 0.6) is 23.0 Å². The quantitative estimate of drug-likeness (QED) is 0.174. The van der Waals surface area contributed by atoms with Crippen LogP contribution in [0, 0.1) is 0 Å². The molecule has 0 amide bonds. The van der Waals surface area contributed by atoms with Crippen LogP contribution in [0.2, 0.25) is 0 Å². The zero-order valence-electron chi connectivity index (χ0n) is 19.4. The third-order valence-electron chi connectivity index (χ3n) is 4.35. The molecule has 0 fully saturated rings. The number of halogens is 1. The first-order valence-corrected chi connectivity index (χ1v) is 10.2. The van der Waals surface area contributed by atoms with E-state index in [9.17, 15) is 0 Å². The number of nitrogens with zero attached hydrogens (tertiary/aromatic N) is 1. The largest absolute Gasteiger partial charge is 0.493 e. The zero-order chi connectivity index (χ0) is 22.5. The molecule has 9 heteroatoms. The number of methoxy groups -OCH3 is 4. The molecule has 0 aliphatic heterocycles. The monoisotopic (exact) mass is 559 g/mol. The van der Waals surface area contributed by atoms with Crippen LogP contribution >= 0.6 is 24.0 Å². The van der Waals surface area contributed by atoms with Crippen LogP contribution in [0.3, 0.4) is 0 Å². The summed E-state index contributed by atoms with van der Waals surface area (Å²) in [5.74, 6) is 3.21. The number of ether oxygens (including phenoxy) is 5. The van der Waals surface area contributed by atoms with E-state index in [4.69, 9.17) is 23.7 Å². The molecule has 0 heterocycles. The van der Waals surface area contributed by atoms with Gasteiger partial charge in [0.2, 0.25) is 5.75 Å². The summed E-state index contributed by atoms with van der Waals surface area (Å²) < 4.78 is 27.0. The highest BCUT2D eigenvalue weighted by atomic mass is 127. The molecule has 0 radical (unpaired) electrons. The molecular formula is C23H34IN3O5. The van der Waals surface area contributed by atoms with Crippen LogP contribution in [-0.2, 0) is 11.3 Å². The predicted molar refractivity (Wildman–Crippen MR) is 138 cm³/mol. The highest BCUT2D eigenvalue weighted by molar-refractivity contribution is 14.0. The third kappa shape index (κ3) is 8.62. The zero-order valence-corrected chi connectivity index (χ0v) is 21.7. The molecule has 0 unspecified atom stereocenters. The molecule has 2 aromatic rings. The van der Waals surface area contributed by atoms with E-state index < -0.39 is 0 Å². The highest BCUT2D eigenvalue weighted by Gasteiger charge is 2.13. The van der Waals surface area contributed by atoms with Crippen molar-refractivity contribution in [3.63, 3.8) is 0 Å². The van der Waals surface area contributed by atoms with Gasteiger partial charge in [-0.1, -0.05) is 6.07 Å². The van der Waals surface area contributed by atoms with Crippen molar-refractivity contribution in [1.82, 2.24) is 5.32 Å². The van der Waals surface area contributed by atoms with E-state index in [1.807, 2.05) is 43.3 Å². The Balaban J connectivity index is 0.00000512. The Kier molecular flexibility index (Phi) is 13.3. The Morgan fingerprint density at radius 3 is 2.25 bits per heavy atom.